The Kier molecular flexibility index (Phi) is 5.31. The maximum Gasteiger partial charge on any atom is 0.280 e. The van der Waals surface area contributed by atoms with Gasteiger partial charge in [0.1, 0.15) is 6.04 Å². The number of amides is 1. The minimum atomic E-state index is -0.733. The van der Waals surface area contributed by atoms with Gasteiger partial charge >= 0.3 is 0 Å². The molecule has 8 heteroatoms. The summed E-state index contributed by atoms with van der Waals surface area (Å²) < 4.78 is 3.59. The summed E-state index contributed by atoms with van der Waals surface area (Å²) in [4.78, 5) is 34.2. The van der Waals surface area contributed by atoms with E-state index in [2.05, 4.69) is 31.2 Å². The summed E-state index contributed by atoms with van der Waals surface area (Å²) in [5, 5.41) is 3.17. The minimum Gasteiger partial charge on any atom is -0.338 e. The van der Waals surface area contributed by atoms with Crippen LogP contribution in [-0.4, -0.2) is 32.3 Å². The van der Waals surface area contributed by atoms with Crippen molar-refractivity contribution in [3.8, 4) is 0 Å². The van der Waals surface area contributed by atoms with Crippen molar-refractivity contribution in [2.75, 3.05) is 0 Å². The number of imidazole rings is 1. The van der Waals surface area contributed by atoms with Gasteiger partial charge in [-0.1, -0.05) is 46.3 Å². The molecule has 1 amide bonds. The highest BCUT2D eigenvalue weighted by Gasteiger charge is 2.24. The Balaban J connectivity index is 1.60. The summed E-state index contributed by atoms with van der Waals surface area (Å²) in [6.45, 7) is 0.288. The molecule has 0 fully saturated rings. The van der Waals surface area contributed by atoms with Crippen LogP contribution in [0.5, 0.6) is 0 Å². The van der Waals surface area contributed by atoms with Gasteiger partial charge < -0.3 is 9.88 Å². The fourth-order valence-corrected chi connectivity index (χ4v) is 4.24. The molecule has 2 aromatic heterocycles. The van der Waals surface area contributed by atoms with Crippen LogP contribution < -0.4 is 5.32 Å². The summed E-state index contributed by atoms with van der Waals surface area (Å²) in [5.41, 5.74) is 1.29. The summed E-state index contributed by atoms with van der Waals surface area (Å²) in [6, 6.07) is 13.8. The number of ketones is 1. The van der Waals surface area contributed by atoms with Gasteiger partial charge in [-0.2, -0.15) is 0 Å². The molecular formula is C20H15BrN4O2S. The van der Waals surface area contributed by atoms with Gasteiger partial charge in [0.15, 0.2) is 10.8 Å². The molecule has 4 rings (SSSR count). The van der Waals surface area contributed by atoms with Crippen molar-refractivity contribution in [1.29, 1.82) is 0 Å². The van der Waals surface area contributed by atoms with E-state index in [0.717, 1.165) is 14.7 Å². The molecule has 28 heavy (non-hydrogen) atoms. The lowest BCUT2D eigenvalue weighted by molar-refractivity contribution is 0.0847. The first-order valence-electron chi connectivity index (χ1n) is 8.52. The quantitative estimate of drug-likeness (QED) is 0.447. The molecule has 6 nitrogen and oxygen atoms in total. The zero-order chi connectivity index (χ0) is 19.5. The molecule has 140 valence electrons. The zero-order valence-electron chi connectivity index (χ0n) is 14.6. The first kappa shape index (κ1) is 18.5. The van der Waals surface area contributed by atoms with E-state index >= 15 is 0 Å². The Labute approximate surface area is 173 Å². The third-order valence-corrected chi connectivity index (χ3v) is 5.69. The van der Waals surface area contributed by atoms with Crippen molar-refractivity contribution in [1.82, 2.24) is 19.9 Å². The van der Waals surface area contributed by atoms with Gasteiger partial charge in [-0.3, -0.25) is 9.59 Å². The number of hydrogen-bond donors (Lipinski definition) is 1. The van der Waals surface area contributed by atoms with Crippen molar-refractivity contribution in [3.63, 3.8) is 0 Å². The van der Waals surface area contributed by atoms with Gasteiger partial charge in [-0.15, -0.1) is 11.3 Å². The van der Waals surface area contributed by atoms with E-state index in [9.17, 15) is 9.59 Å². The highest BCUT2D eigenvalue weighted by molar-refractivity contribution is 9.10. The van der Waals surface area contributed by atoms with Crippen molar-refractivity contribution in [2.45, 2.75) is 12.6 Å². The second-order valence-electron chi connectivity index (χ2n) is 6.15. The molecule has 1 N–H and O–H groups in total. The van der Waals surface area contributed by atoms with Gasteiger partial charge in [0.2, 0.25) is 0 Å². The summed E-state index contributed by atoms with van der Waals surface area (Å²) in [6.07, 6.45) is 5.01. The zero-order valence-corrected chi connectivity index (χ0v) is 17.0. The van der Waals surface area contributed by atoms with Gasteiger partial charge in [0, 0.05) is 22.4 Å². The number of thiazole rings is 1. The van der Waals surface area contributed by atoms with E-state index in [1.165, 1.54) is 11.3 Å². The molecule has 0 saturated carbocycles. The minimum absolute atomic E-state index is 0.161. The molecule has 1 unspecified atom stereocenters. The number of nitrogens with zero attached hydrogens (tertiary/aromatic N) is 3. The number of aromatic nitrogens is 3. The van der Waals surface area contributed by atoms with E-state index in [0.29, 0.717) is 10.6 Å². The van der Waals surface area contributed by atoms with Gasteiger partial charge in [0.25, 0.3) is 5.91 Å². The Morgan fingerprint density at radius 2 is 2.00 bits per heavy atom. The maximum atomic E-state index is 13.0. The largest absolute Gasteiger partial charge is 0.338 e. The van der Waals surface area contributed by atoms with Crippen LogP contribution >= 0.6 is 27.3 Å². The van der Waals surface area contributed by atoms with Crippen molar-refractivity contribution in [3.05, 3.63) is 82.3 Å². The third kappa shape index (κ3) is 4.02. The van der Waals surface area contributed by atoms with Crippen LogP contribution in [0.4, 0.5) is 0 Å². The second kappa shape index (κ2) is 8.04. The van der Waals surface area contributed by atoms with Crippen molar-refractivity contribution < 1.29 is 9.59 Å². The van der Waals surface area contributed by atoms with Gasteiger partial charge in [-0.05, 0) is 18.2 Å². The fraction of sp³-hybridized carbons (Fsp3) is 0.100. The van der Waals surface area contributed by atoms with Crippen LogP contribution in [0.3, 0.4) is 0 Å². The summed E-state index contributed by atoms with van der Waals surface area (Å²) in [5.74, 6) is -0.529. The van der Waals surface area contributed by atoms with Gasteiger partial charge in [0.05, 0.1) is 23.1 Å². The molecule has 1 atom stereocenters. The molecule has 2 aromatic carbocycles. The molecule has 0 bridgehead atoms. The Morgan fingerprint density at radius 3 is 2.75 bits per heavy atom. The monoisotopic (exact) mass is 454 g/mol. The Bertz CT molecular complexity index is 1130. The van der Waals surface area contributed by atoms with Crippen LogP contribution in [0.15, 0.2) is 71.7 Å². The lowest BCUT2D eigenvalue weighted by Gasteiger charge is -2.17. The van der Waals surface area contributed by atoms with Gasteiger partial charge in [-0.25, -0.2) is 9.97 Å². The highest BCUT2D eigenvalue weighted by Crippen LogP contribution is 2.25. The first-order chi connectivity index (χ1) is 13.6. The number of nitrogens with one attached hydrogen (secondary N) is 1. The number of carbonyl (C=O) groups is 2. The smallest absolute Gasteiger partial charge is 0.280 e. The van der Waals surface area contributed by atoms with Crippen LogP contribution in [-0.2, 0) is 6.54 Å². The molecule has 0 saturated heterocycles. The van der Waals surface area contributed by atoms with Crippen molar-refractivity contribution >= 4 is 49.2 Å². The Hall–Kier alpha value is -2.84. The lowest BCUT2D eigenvalue weighted by atomic mass is 10.0. The fourth-order valence-electron chi connectivity index (χ4n) is 2.82. The van der Waals surface area contributed by atoms with Crippen LogP contribution in [0.2, 0.25) is 0 Å². The molecule has 0 aliphatic rings. The predicted molar refractivity (Wildman–Crippen MR) is 112 cm³/mol. The topological polar surface area (TPSA) is 76.9 Å². The standard InChI is InChI=1S/C20H15BrN4O2S/c21-14-6-7-15-17(10-14)28-20(24-15)19(27)23-16(11-25-9-8-22-12-25)18(26)13-4-2-1-3-5-13/h1-10,12,16H,11H2,(H,23,27). The van der Waals surface area contributed by atoms with Crippen molar-refractivity contribution in [2.24, 2.45) is 0 Å². The highest BCUT2D eigenvalue weighted by atomic mass is 79.9. The SMILES string of the molecule is O=C(NC(Cn1ccnc1)C(=O)c1ccccc1)c1nc2ccc(Br)cc2s1. The number of carbonyl (C=O) groups excluding carboxylic acids is 2. The number of halogens is 1. The summed E-state index contributed by atoms with van der Waals surface area (Å²) in [7, 11) is 0. The maximum absolute atomic E-state index is 13.0. The normalized spacial score (nSPS) is 12.0. The predicted octanol–water partition coefficient (Wildman–Crippen LogP) is 3.94. The average Bonchev–Trinajstić information content (AvgIpc) is 3.36. The molecule has 0 radical (unpaired) electrons. The van der Waals surface area contributed by atoms with E-state index in [1.54, 1.807) is 47.6 Å². The Morgan fingerprint density at radius 1 is 1.18 bits per heavy atom. The van der Waals surface area contributed by atoms with Crippen LogP contribution in [0.25, 0.3) is 10.2 Å². The molecule has 0 aliphatic heterocycles. The molecule has 0 aliphatic carbocycles. The van der Waals surface area contributed by atoms with E-state index in [-0.39, 0.29) is 18.2 Å². The number of fused-ring (bicyclic) bond motifs is 1. The van der Waals surface area contributed by atoms with Crippen LogP contribution in [0.1, 0.15) is 20.2 Å². The summed E-state index contributed by atoms with van der Waals surface area (Å²) >= 11 is 4.72. The van der Waals surface area contributed by atoms with Crippen LogP contribution in [0, 0.1) is 0 Å². The lowest BCUT2D eigenvalue weighted by Crippen LogP contribution is -2.43. The molecule has 4 aromatic rings. The first-order valence-corrected chi connectivity index (χ1v) is 10.1. The third-order valence-electron chi connectivity index (χ3n) is 4.18. The molecule has 2 heterocycles. The number of hydrogen-bond acceptors (Lipinski definition) is 5. The number of benzene rings is 2. The molecular weight excluding hydrogens is 440 g/mol. The van der Waals surface area contributed by atoms with E-state index in [1.807, 2.05) is 24.3 Å². The van der Waals surface area contributed by atoms with E-state index < -0.39 is 6.04 Å². The second-order valence-corrected chi connectivity index (χ2v) is 8.09. The number of Topliss-reactive ketones (excluding diaryl/α,β-unsaturated/α-hetero) is 1. The average molecular weight is 455 g/mol. The molecule has 0 spiro atoms. The van der Waals surface area contributed by atoms with E-state index in [4.69, 9.17) is 0 Å². The number of rotatable bonds is 6.